The minimum Gasteiger partial charge on any atom is -0.490 e. The van der Waals surface area contributed by atoms with E-state index < -0.39 is 0 Å². The number of carbonyl (C=O) groups is 1. The predicted octanol–water partition coefficient (Wildman–Crippen LogP) is 3.20. The molecule has 6 nitrogen and oxygen atoms in total. The molecule has 3 rings (SSSR count). The molecule has 1 aromatic heterocycles. The maximum absolute atomic E-state index is 12.7. The van der Waals surface area contributed by atoms with E-state index in [0.29, 0.717) is 30.3 Å². The smallest absolute Gasteiger partial charge is 0.251 e. The highest BCUT2D eigenvalue weighted by atomic mass is 16.5. The van der Waals surface area contributed by atoms with Crippen LogP contribution in [0.25, 0.3) is 0 Å². The van der Waals surface area contributed by atoms with Gasteiger partial charge in [-0.15, -0.1) is 0 Å². The fourth-order valence-electron chi connectivity index (χ4n) is 3.38. The first kappa shape index (κ1) is 17.3. The number of rotatable bonds is 7. The Morgan fingerprint density at radius 1 is 1.24 bits per heavy atom. The Labute approximate surface area is 148 Å². The molecule has 6 heteroatoms. The maximum atomic E-state index is 12.7. The van der Waals surface area contributed by atoms with Gasteiger partial charge >= 0.3 is 0 Å². The fraction of sp³-hybridized carbons (Fsp3) is 0.474. The molecule has 1 amide bonds. The molecule has 1 saturated carbocycles. The van der Waals surface area contributed by atoms with E-state index in [1.165, 1.54) is 0 Å². The number of ether oxygens (including phenoxy) is 2. The molecule has 134 valence electrons. The molecule has 0 spiro atoms. The van der Waals surface area contributed by atoms with Crippen molar-refractivity contribution < 1.29 is 14.3 Å². The van der Waals surface area contributed by atoms with Crippen molar-refractivity contribution in [1.29, 1.82) is 0 Å². The molecule has 0 radical (unpaired) electrons. The van der Waals surface area contributed by atoms with Crippen LogP contribution in [0, 0.1) is 0 Å². The number of aromatic nitrogens is 2. The Bertz CT molecular complexity index is 700. The molecule has 25 heavy (non-hydrogen) atoms. The zero-order valence-corrected chi connectivity index (χ0v) is 14.8. The van der Waals surface area contributed by atoms with E-state index in [0.717, 1.165) is 19.3 Å². The van der Waals surface area contributed by atoms with E-state index in [4.69, 9.17) is 9.47 Å². The molecule has 1 N–H and O–H groups in total. The third kappa shape index (κ3) is 3.95. The molecule has 2 atom stereocenters. The molecule has 1 aromatic carbocycles. The van der Waals surface area contributed by atoms with Crippen LogP contribution in [-0.2, 0) is 0 Å². The highest BCUT2D eigenvalue weighted by Crippen LogP contribution is 2.31. The van der Waals surface area contributed by atoms with Gasteiger partial charge in [-0.05, 0) is 51.3 Å². The summed E-state index contributed by atoms with van der Waals surface area (Å²) in [7, 11) is 0. The minimum atomic E-state index is -0.0824. The summed E-state index contributed by atoms with van der Waals surface area (Å²) in [6.07, 6.45) is 8.68. The predicted molar refractivity (Wildman–Crippen MR) is 95.1 cm³/mol. The first-order valence-electron chi connectivity index (χ1n) is 8.90. The number of nitrogens with one attached hydrogen (secondary N) is 1. The van der Waals surface area contributed by atoms with Crippen LogP contribution in [0.5, 0.6) is 11.5 Å². The zero-order valence-electron chi connectivity index (χ0n) is 14.8. The van der Waals surface area contributed by atoms with Gasteiger partial charge in [0, 0.05) is 24.0 Å². The first-order chi connectivity index (χ1) is 12.2. The molecule has 1 aliphatic rings. The van der Waals surface area contributed by atoms with Gasteiger partial charge in [-0.1, -0.05) is 0 Å². The molecule has 2 unspecified atom stereocenters. The summed E-state index contributed by atoms with van der Waals surface area (Å²) in [5, 5.41) is 3.17. The second kappa shape index (κ2) is 8.05. The fourth-order valence-corrected chi connectivity index (χ4v) is 3.38. The van der Waals surface area contributed by atoms with Gasteiger partial charge in [0.15, 0.2) is 11.5 Å². The number of benzene rings is 1. The largest absolute Gasteiger partial charge is 0.490 e. The van der Waals surface area contributed by atoms with E-state index in [9.17, 15) is 4.79 Å². The molecule has 0 bridgehead atoms. The Morgan fingerprint density at radius 3 is 2.76 bits per heavy atom. The summed E-state index contributed by atoms with van der Waals surface area (Å²) in [5.41, 5.74) is 0.586. The van der Waals surface area contributed by atoms with Crippen LogP contribution in [0.4, 0.5) is 0 Å². The lowest BCUT2D eigenvalue weighted by Gasteiger charge is -2.22. The second-order valence-electron chi connectivity index (χ2n) is 6.12. The normalized spacial score (nSPS) is 19.6. The molecule has 1 aliphatic carbocycles. The Kier molecular flexibility index (Phi) is 5.58. The highest BCUT2D eigenvalue weighted by Gasteiger charge is 2.30. The number of hydrogen-bond donors (Lipinski definition) is 1. The van der Waals surface area contributed by atoms with Crippen LogP contribution < -0.4 is 14.8 Å². The maximum Gasteiger partial charge on any atom is 0.251 e. The Morgan fingerprint density at radius 2 is 2.04 bits per heavy atom. The van der Waals surface area contributed by atoms with Crippen LogP contribution in [-0.4, -0.2) is 34.7 Å². The van der Waals surface area contributed by atoms with Gasteiger partial charge < -0.3 is 19.4 Å². The summed E-state index contributed by atoms with van der Waals surface area (Å²) in [6.45, 7) is 4.92. The lowest BCUT2D eigenvalue weighted by atomic mass is 10.1. The van der Waals surface area contributed by atoms with Gasteiger partial charge in [0.05, 0.1) is 25.6 Å². The van der Waals surface area contributed by atoms with Crippen molar-refractivity contribution in [3.05, 3.63) is 42.5 Å². The van der Waals surface area contributed by atoms with Gasteiger partial charge in [0.1, 0.15) is 0 Å². The number of nitrogens with zero attached hydrogens (tertiary/aromatic N) is 2. The van der Waals surface area contributed by atoms with Crippen molar-refractivity contribution in [2.75, 3.05) is 13.2 Å². The number of imidazole rings is 1. The molecule has 1 fully saturated rings. The molecular weight excluding hydrogens is 318 g/mol. The van der Waals surface area contributed by atoms with E-state index in [1.54, 1.807) is 24.4 Å². The second-order valence-corrected chi connectivity index (χ2v) is 6.12. The third-order valence-corrected chi connectivity index (χ3v) is 4.51. The van der Waals surface area contributed by atoms with Crippen LogP contribution in [0.1, 0.15) is 49.5 Å². The summed E-state index contributed by atoms with van der Waals surface area (Å²) in [4.78, 5) is 16.8. The lowest BCUT2D eigenvalue weighted by molar-refractivity contribution is 0.0928. The molecule has 0 saturated heterocycles. The summed E-state index contributed by atoms with van der Waals surface area (Å²) in [6, 6.07) is 5.71. The van der Waals surface area contributed by atoms with Gasteiger partial charge in [-0.2, -0.15) is 0 Å². The first-order valence-corrected chi connectivity index (χ1v) is 8.90. The van der Waals surface area contributed by atoms with Gasteiger partial charge in [0.25, 0.3) is 5.91 Å². The van der Waals surface area contributed by atoms with Crippen LogP contribution >= 0.6 is 0 Å². The standard InChI is InChI=1S/C19H25N3O3/c1-3-24-17-9-8-14(12-18(17)25-4-2)19(23)21-15-6-5-7-16(15)22-11-10-20-13-22/h8-13,15-16H,3-7H2,1-2H3,(H,21,23). The Balaban J connectivity index is 1.73. The van der Waals surface area contributed by atoms with E-state index in [-0.39, 0.29) is 18.0 Å². The van der Waals surface area contributed by atoms with Crippen LogP contribution in [0.3, 0.4) is 0 Å². The van der Waals surface area contributed by atoms with Gasteiger partial charge in [-0.3, -0.25) is 4.79 Å². The van der Waals surface area contributed by atoms with Crippen LogP contribution in [0.15, 0.2) is 36.9 Å². The summed E-state index contributed by atoms with van der Waals surface area (Å²) in [5.74, 6) is 1.19. The van der Waals surface area contributed by atoms with E-state index >= 15 is 0 Å². The molecule has 0 aliphatic heterocycles. The molecular formula is C19H25N3O3. The SMILES string of the molecule is CCOc1ccc(C(=O)NC2CCCC2n2ccnc2)cc1OCC. The van der Waals surface area contributed by atoms with Crippen molar-refractivity contribution in [3.8, 4) is 11.5 Å². The minimum absolute atomic E-state index is 0.0824. The highest BCUT2D eigenvalue weighted by molar-refractivity contribution is 5.95. The van der Waals surface area contributed by atoms with Crippen molar-refractivity contribution >= 4 is 5.91 Å². The molecule has 2 aromatic rings. The van der Waals surface area contributed by atoms with Gasteiger partial charge in [0.2, 0.25) is 0 Å². The van der Waals surface area contributed by atoms with Crippen LogP contribution in [0.2, 0.25) is 0 Å². The average Bonchev–Trinajstić information content (AvgIpc) is 3.28. The summed E-state index contributed by atoms with van der Waals surface area (Å²) < 4.78 is 13.3. The van der Waals surface area contributed by atoms with E-state index in [2.05, 4.69) is 14.9 Å². The lowest BCUT2D eigenvalue weighted by Crippen LogP contribution is -2.38. The zero-order chi connectivity index (χ0) is 17.6. The summed E-state index contributed by atoms with van der Waals surface area (Å²) >= 11 is 0. The van der Waals surface area contributed by atoms with Crippen molar-refractivity contribution in [1.82, 2.24) is 14.9 Å². The van der Waals surface area contributed by atoms with Gasteiger partial charge in [-0.25, -0.2) is 4.98 Å². The number of hydrogen-bond acceptors (Lipinski definition) is 4. The molecule has 1 heterocycles. The van der Waals surface area contributed by atoms with E-state index in [1.807, 2.05) is 26.4 Å². The van der Waals surface area contributed by atoms with Crippen molar-refractivity contribution in [2.24, 2.45) is 0 Å². The topological polar surface area (TPSA) is 65.4 Å². The van der Waals surface area contributed by atoms with Crippen molar-refractivity contribution in [3.63, 3.8) is 0 Å². The third-order valence-electron chi connectivity index (χ3n) is 4.51. The van der Waals surface area contributed by atoms with Crippen molar-refractivity contribution in [2.45, 2.75) is 45.2 Å². The quantitative estimate of drug-likeness (QED) is 0.838. The average molecular weight is 343 g/mol. The number of amides is 1. The number of carbonyl (C=O) groups excluding carboxylic acids is 1. The Hall–Kier alpha value is -2.50. The monoisotopic (exact) mass is 343 g/mol.